The van der Waals surface area contributed by atoms with E-state index in [9.17, 15) is 14.4 Å². The van der Waals surface area contributed by atoms with Gasteiger partial charge >= 0.3 is 5.97 Å². The van der Waals surface area contributed by atoms with Crippen LogP contribution in [0.25, 0.3) is 50.4 Å². The molecule has 0 saturated heterocycles. The Morgan fingerprint density at radius 2 is 1.33 bits per heavy atom. The van der Waals surface area contributed by atoms with Crippen molar-refractivity contribution in [2.24, 2.45) is 0 Å². The first-order valence-electron chi connectivity index (χ1n) is 20.3. The average molecular weight is 744 g/mol. The number of nitrogens with one attached hydrogen (secondary N) is 2. The van der Waals surface area contributed by atoms with E-state index in [1.807, 2.05) is 32.1 Å². The molecule has 8 bridgehead atoms. The van der Waals surface area contributed by atoms with Crippen LogP contribution >= 0.6 is 0 Å². The molecule has 0 aromatic carbocycles. The minimum atomic E-state index is -0.369. The Bertz CT molecular complexity index is 2270. The predicted molar refractivity (Wildman–Crippen MR) is 224 cm³/mol. The van der Waals surface area contributed by atoms with Gasteiger partial charge in [-0.15, -0.1) is 0 Å². The molecule has 9 heteroatoms. The number of rotatable bonds is 16. The third-order valence-corrected chi connectivity index (χ3v) is 11.7. The number of imide groups is 1. The zero-order valence-corrected chi connectivity index (χ0v) is 33.9. The predicted octanol–water partition coefficient (Wildman–Crippen LogP) is 11.3. The number of hydrogen-bond acceptors (Lipinski definition) is 6. The maximum Gasteiger partial charge on any atom is 0.305 e. The molecule has 0 aliphatic carbocycles. The number of methoxy groups -OCH3 is 1. The fourth-order valence-corrected chi connectivity index (χ4v) is 8.37. The number of amides is 2. The number of nitrogens with zero attached hydrogens (tertiary/aromatic N) is 3. The minimum absolute atomic E-state index is 0.124. The van der Waals surface area contributed by atoms with E-state index in [1.165, 1.54) is 50.5 Å². The van der Waals surface area contributed by atoms with Crippen molar-refractivity contribution >= 4 is 68.2 Å². The van der Waals surface area contributed by atoms with Crippen molar-refractivity contribution < 1.29 is 19.1 Å². The summed E-state index contributed by atoms with van der Waals surface area (Å²) in [5.74, 6) is -1.01. The molecule has 3 aromatic heterocycles. The topological polar surface area (TPSA) is 121 Å². The van der Waals surface area contributed by atoms with Gasteiger partial charge in [-0.05, 0) is 98.6 Å². The van der Waals surface area contributed by atoms with Gasteiger partial charge in [0, 0.05) is 35.1 Å². The maximum absolute atomic E-state index is 14.8. The van der Waals surface area contributed by atoms with Gasteiger partial charge in [-0.3, -0.25) is 19.3 Å². The lowest BCUT2D eigenvalue weighted by molar-refractivity contribution is -0.140. The van der Waals surface area contributed by atoms with E-state index < -0.39 is 0 Å². The van der Waals surface area contributed by atoms with E-state index in [2.05, 4.69) is 50.3 Å². The second-order valence-corrected chi connectivity index (χ2v) is 15.2. The molecular formula is C46H57N5O4. The van der Waals surface area contributed by atoms with Crippen molar-refractivity contribution in [2.75, 3.05) is 13.7 Å². The van der Waals surface area contributed by atoms with E-state index >= 15 is 0 Å². The lowest BCUT2D eigenvalue weighted by atomic mass is 9.94. The lowest BCUT2D eigenvalue weighted by Crippen LogP contribution is -2.41. The Kier molecular flexibility index (Phi) is 12.4. The number of fused-ring (bicyclic) bond motifs is 8. The van der Waals surface area contributed by atoms with Crippen LogP contribution in [0.5, 0.6) is 0 Å². The van der Waals surface area contributed by atoms with Gasteiger partial charge in [0.2, 0.25) is 0 Å². The second kappa shape index (κ2) is 17.2. The van der Waals surface area contributed by atoms with Gasteiger partial charge in [0.15, 0.2) is 0 Å². The highest BCUT2D eigenvalue weighted by Crippen LogP contribution is 2.41. The number of H-pyrrole nitrogens is 2. The van der Waals surface area contributed by atoms with Gasteiger partial charge in [0.25, 0.3) is 11.8 Å². The molecule has 0 atom stereocenters. The molecule has 55 heavy (non-hydrogen) atoms. The number of esters is 1. The average Bonchev–Trinajstić information content (AvgIpc) is 3.85. The molecule has 290 valence electrons. The summed E-state index contributed by atoms with van der Waals surface area (Å²) < 4.78 is 5.03. The normalized spacial score (nSPS) is 14.1. The number of carbonyl (C=O) groups is 3. The largest absolute Gasteiger partial charge is 0.469 e. The Balaban J connectivity index is 1.54. The van der Waals surface area contributed by atoms with Crippen LogP contribution in [-0.2, 0) is 9.53 Å². The van der Waals surface area contributed by atoms with E-state index in [-0.39, 0.29) is 24.2 Å². The fourth-order valence-electron chi connectivity index (χ4n) is 8.37. The number of aryl methyl sites for hydroxylation is 2. The first kappa shape index (κ1) is 39.6. The SMILES string of the molecule is C=Cc1c(C)c2cc3nc(c4c5[nH]c(cc6nc(cc1[nH]2)C(C)=C6CC)c(C)c5C(=O)N(CCCCCCCCCCCC)C4=O)C(CCC(=O)OC)=C3C. The molecule has 9 nitrogen and oxygen atoms in total. The summed E-state index contributed by atoms with van der Waals surface area (Å²) in [6, 6.07) is 6.08. The van der Waals surface area contributed by atoms with Crippen molar-refractivity contribution in [1.29, 1.82) is 0 Å². The molecule has 0 spiro atoms. The fraction of sp³-hybridized carbons (Fsp3) is 0.457. The van der Waals surface area contributed by atoms with Gasteiger partial charge < -0.3 is 14.7 Å². The standard InChI is InChI=1S/C46H57N5O4/c1-9-12-13-14-15-16-17-18-19-20-23-51-45(53)41-30(7)37-26-39-32(11-3)28(5)35(48-39)25-38-31(10-2)27(4)34(47-38)24-36-29(6)33(21-22-40(52)55-8)43(49-36)42(46(51)54)44(41)50-37/h10,24-26,47,50H,2,9,11-23H2,1,3-8H3. The summed E-state index contributed by atoms with van der Waals surface area (Å²) in [6.45, 7) is 16.9. The van der Waals surface area contributed by atoms with E-state index in [1.54, 1.807) is 0 Å². The molecular weight excluding hydrogens is 687 g/mol. The summed E-state index contributed by atoms with van der Waals surface area (Å²) in [4.78, 5) is 60.6. The Morgan fingerprint density at radius 1 is 0.745 bits per heavy atom. The molecule has 3 aromatic rings. The van der Waals surface area contributed by atoms with Crippen LogP contribution in [0.1, 0.15) is 171 Å². The Labute approximate surface area is 325 Å². The first-order valence-corrected chi connectivity index (χ1v) is 20.3. The molecule has 0 unspecified atom stereocenters. The number of ether oxygens (including phenoxy) is 1. The zero-order chi connectivity index (χ0) is 39.4. The first-order chi connectivity index (χ1) is 26.5. The Hall–Kier alpha value is -5.05. The van der Waals surface area contributed by atoms with Crippen LogP contribution in [0.3, 0.4) is 0 Å². The number of unbranched alkanes of at least 4 members (excludes halogenated alkanes) is 9. The van der Waals surface area contributed by atoms with Gasteiger partial charge in [-0.2, -0.15) is 0 Å². The van der Waals surface area contributed by atoms with Gasteiger partial charge in [0.1, 0.15) is 0 Å². The second-order valence-electron chi connectivity index (χ2n) is 15.2. The van der Waals surface area contributed by atoms with Crippen LogP contribution in [-0.4, -0.2) is 56.3 Å². The smallest absolute Gasteiger partial charge is 0.305 e. The zero-order valence-electron chi connectivity index (χ0n) is 33.9. The Morgan fingerprint density at radius 3 is 1.98 bits per heavy atom. The molecule has 0 saturated carbocycles. The monoisotopic (exact) mass is 743 g/mol. The minimum Gasteiger partial charge on any atom is -0.469 e. The van der Waals surface area contributed by atoms with Gasteiger partial charge in [-0.1, -0.05) is 84.3 Å². The summed E-state index contributed by atoms with van der Waals surface area (Å²) >= 11 is 0. The molecule has 3 aliphatic rings. The van der Waals surface area contributed by atoms with Crippen LogP contribution in [0, 0.1) is 13.8 Å². The van der Waals surface area contributed by atoms with Crippen molar-refractivity contribution in [3.05, 3.63) is 75.4 Å². The van der Waals surface area contributed by atoms with Gasteiger partial charge in [-0.25, -0.2) is 9.97 Å². The third kappa shape index (κ3) is 7.76. The highest BCUT2D eigenvalue weighted by atomic mass is 16.5. The molecule has 2 N–H and O–H groups in total. The van der Waals surface area contributed by atoms with Crippen LogP contribution in [0.4, 0.5) is 0 Å². The summed E-state index contributed by atoms with van der Waals surface area (Å²) in [5.41, 5.74) is 13.2. The number of aromatic amines is 2. The van der Waals surface area contributed by atoms with Crippen molar-refractivity contribution in [3.8, 4) is 0 Å². The van der Waals surface area contributed by atoms with Crippen molar-refractivity contribution in [2.45, 2.75) is 125 Å². The molecule has 2 amide bonds. The highest BCUT2D eigenvalue weighted by Gasteiger charge is 2.38. The van der Waals surface area contributed by atoms with E-state index in [0.717, 1.165) is 99.0 Å². The number of allylic oxidation sites excluding steroid dienone is 4. The number of hydrogen-bond donors (Lipinski definition) is 2. The van der Waals surface area contributed by atoms with Crippen molar-refractivity contribution in [1.82, 2.24) is 24.8 Å². The van der Waals surface area contributed by atoms with Gasteiger partial charge in [0.05, 0.1) is 46.5 Å². The third-order valence-electron chi connectivity index (χ3n) is 11.7. The summed E-state index contributed by atoms with van der Waals surface area (Å²) in [6.07, 6.45) is 14.6. The van der Waals surface area contributed by atoms with E-state index in [0.29, 0.717) is 41.0 Å². The molecule has 6 heterocycles. The number of carbonyl (C=O) groups excluding carboxylic acids is 3. The quantitative estimate of drug-likeness (QED) is 0.0856. The lowest BCUT2D eigenvalue weighted by Gasteiger charge is -2.26. The summed E-state index contributed by atoms with van der Waals surface area (Å²) in [7, 11) is 1.38. The van der Waals surface area contributed by atoms with Crippen LogP contribution < -0.4 is 0 Å². The van der Waals surface area contributed by atoms with Crippen LogP contribution in [0.2, 0.25) is 0 Å². The molecule has 6 rings (SSSR count). The van der Waals surface area contributed by atoms with E-state index in [4.69, 9.17) is 14.7 Å². The maximum atomic E-state index is 14.8. The molecule has 3 aliphatic heterocycles. The van der Waals surface area contributed by atoms with Crippen LogP contribution in [0.15, 0.2) is 24.8 Å². The summed E-state index contributed by atoms with van der Waals surface area (Å²) in [5, 5.41) is 0. The molecule has 0 fully saturated rings. The highest BCUT2D eigenvalue weighted by molar-refractivity contribution is 6.24. The number of aromatic nitrogens is 4. The molecule has 0 radical (unpaired) electrons. The van der Waals surface area contributed by atoms with Crippen molar-refractivity contribution in [3.63, 3.8) is 0 Å².